The van der Waals surface area contributed by atoms with Crippen molar-refractivity contribution in [3.05, 3.63) is 29.1 Å². The third-order valence-corrected chi connectivity index (χ3v) is 1.82. The van der Waals surface area contributed by atoms with Crippen LogP contribution in [0.4, 0.5) is 4.39 Å². The lowest BCUT2D eigenvalue weighted by Gasteiger charge is -2.05. The summed E-state index contributed by atoms with van der Waals surface area (Å²) in [6.45, 7) is 1.57. The Bertz CT molecular complexity index is 338. The fourth-order valence-corrected chi connectivity index (χ4v) is 1.05. The molecular weight excluding hydrogens is 174 g/mol. The van der Waals surface area contributed by atoms with Crippen molar-refractivity contribution in [2.75, 3.05) is 0 Å². The first kappa shape index (κ1) is 9.89. The molecule has 0 fully saturated rings. The highest BCUT2D eigenvalue weighted by atomic mass is 19.1. The number of aryl methyl sites for hydroxylation is 1. The van der Waals surface area contributed by atoms with Crippen molar-refractivity contribution in [3.8, 4) is 0 Å². The van der Waals surface area contributed by atoms with Gasteiger partial charge in [-0.15, -0.1) is 0 Å². The van der Waals surface area contributed by atoms with Crippen LogP contribution in [0.1, 0.15) is 15.9 Å². The maximum atomic E-state index is 13.2. The van der Waals surface area contributed by atoms with Crippen LogP contribution in [0, 0.1) is 12.7 Å². The number of hydrogen-bond acceptors (Lipinski definition) is 3. The number of hydrogen-bond donors (Lipinski definition) is 2. The van der Waals surface area contributed by atoms with Gasteiger partial charge in [-0.05, 0) is 12.5 Å². The molecule has 0 aliphatic heterocycles. The standard InChI is InChI=1S/C8H8BFO3/c1-5-2-3-7(9(12)13)8(10)6(5)4-11/h2-4,12-13H,1H3. The summed E-state index contributed by atoms with van der Waals surface area (Å²) in [6.07, 6.45) is 0.358. The summed E-state index contributed by atoms with van der Waals surface area (Å²) in [5.74, 6) is -0.870. The van der Waals surface area contributed by atoms with Gasteiger partial charge in [-0.1, -0.05) is 12.1 Å². The van der Waals surface area contributed by atoms with Crippen LogP contribution in [0.3, 0.4) is 0 Å². The minimum Gasteiger partial charge on any atom is -0.423 e. The van der Waals surface area contributed by atoms with E-state index in [-0.39, 0.29) is 11.0 Å². The lowest BCUT2D eigenvalue weighted by atomic mass is 9.78. The van der Waals surface area contributed by atoms with Crippen molar-refractivity contribution in [2.45, 2.75) is 6.92 Å². The van der Waals surface area contributed by atoms with E-state index < -0.39 is 12.9 Å². The van der Waals surface area contributed by atoms with Gasteiger partial charge < -0.3 is 10.0 Å². The summed E-state index contributed by atoms with van der Waals surface area (Å²) >= 11 is 0. The first-order valence-corrected chi connectivity index (χ1v) is 3.68. The van der Waals surface area contributed by atoms with Crippen LogP contribution >= 0.6 is 0 Å². The molecule has 0 unspecified atom stereocenters. The molecule has 2 N–H and O–H groups in total. The Balaban J connectivity index is 3.35. The lowest BCUT2D eigenvalue weighted by molar-refractivity contribution is 0.111. The van der Waals surface area contributed by atoms with Crippen LogP contribution in [0.2, 0.25) is 0 Å². The molecular formula is C8H8BFO3. The van der Waals surface area contributed by atoms with Gasteiger partial charge in [0.1, 0.15) is 5.82 Å². The van der Waals surface area contributed by atoms with E-state index in [1.54, 1.807) is 6.92 Å². The number of aldehydes is 1. The maximum absolute atomic E-state index is 13.2. The quantitative estimate of drug-likeness (QED) is 0.484. The molecule has 1 rings (SSSR count). The molecule has 0 radical (unpaired) electrons. The molecule has 0 spiro atoms. The van der Waals surface area contributed by atoms with Crippen molar-refractivity contribution < 1.29 is 19.2 Å². The van der Waals surface area contributed by atoms with Gasteiger partial charge in [0, 0.05) is 5.46 Å². The maximum Gasteiger partial charge on any atom is 0.491 e. The normalized spacial score (nSPS) is 9.85. The zero-order valence-corrected chi connectivity index (χ0v) is 6.99. The van der Waals surface area contributed by atoms with Crippen molar-refractivity contribution in [1.29, 1.82) is 0 Å². The van der Waals surface area contributed by atoms with E-state index in [4.69, 9.17) is 10.0 Å². The summed E-state index contributed by atoms with van der Waals surface area (Å²) in [4.78, 5) is 10.4. The molecule has 0 saturated carbocycles. The fourth-order valence-electron chi connectivity index (χ4n) is 1.05. The average Bonchev–Trinajstić information content (AvgIpc) is 2.04. The minimum atomic E-state index is -1.89. The number of carbonyl (C=O) groups excluding carboxylic acids is 1. The van der Waals surface area contributed by atoms with Crippen LogP contribution in [-0.4, -0.2) is 23.5 Å². The van der Waals surface area contributed by atoms with Gasteiger partial charge in [-0.2, -0.15) is 0 Å². The van der Waals surface area contributed by atoms with E-state index in [2.05, 4.69) is 0 Å². The van der Waals surface area contributed by atoms with Gasteiger partial charge in [0.15, 0.2) is 6.29 Å². The highest BCUT2D eigenvalue weighted by Crippen LogP contribution is 2.08. The lowest BCUT2D eigenvalue weighted by Crippen LogP contribution is -2.33. The molecule has 1 aromatic carbocycles. The monoisotopic (exact) mass is 182 g/mol. The van der Waals surface area contributed by atoms with E-state index in [0.717, 1.165) is 0 Å². The zero-order chi connectivity index (χ0) is 10.0. The topological polar surface area (TPSA) is 57.5 Å². The van der Waals surface area contributed by atoms with Gasteiger partial charge in [0.05, 0.1) is 5.56 Å². The van der Waals surface area contributed by atoms with Crippen LogP contribution in [0.5, 0.6) is 0 Å². The molecule has 3 nitrogen and oxygen atoms in total. The Labute approximate surface area is 75.0 Å². The van der Waals surface area contributed by atoms with Crippen molar-refractivity contribution in [3.63, 3.8) is 0 Å². The Kier molecular flexibility index (Phi) is 2.80. The van der Waals surface area contributed by atoms with Crippen molar-refractivity contribution in [1.82, 2.24) is 0 Å². The Morgan fingerprint density at radius 3 is 2.54 bits per heavy atom. The molecule has 0 aromatic heterocycles. The number of halogens is 1. The van der Waals surface area contributed by atoms with Gasteiger partial charge in [-0.25, -0.2) is 4.39 Å². The summed E-state index contributed by atoms with van der Waals surface area (Å²) in [5, 5.41) is 17.4. The first-order chi connectivity index (χ1) is 6.07. The molecule has 13 heavy (non-hydrogen) atoms. The molecule has 68 valence electrons. The van der Waals surface area contributed by atoms with E-state index in [1.807, 2.05) is 0 Å². The molecule has 0 saturated heterocycles. The van der Waals surface area contributed by atoms with Crippen LogP contribution in [-0.2, 0) is 0 Å². The predicted molar refractivity (Wildman–Crippen MR) is 46.4 cm³/mol. The van der Waals surface area contributed by atoms with Crippen molar-refractivity contribution in [2.24, 2.45) is 0 Å². The second-order valence-electron chi connectivity index (χ2n) is 2.69. The Morgan fingerprint density at radius 1 is 1.46 bits per heavy atom. The molecule has 0 aliphatic carbocycles. The zero-order valence-electron chi connectivity index (χ0n) is 6.99. The van der Waals surface area contributed by atoms with Crippen LogP contribution < -0.4 is 5.46 Å². The summed E-state index contributed by atoms with van der Waals surface area (Å²) in [7, 11) is -1.89. The summed E-state index contributed by atoms with van der Waals surface area (Å²) in [6, 6.07) is 2.70. The van der Waals surface area contributed by atoms with E-state index in [9.17, 15) is 9.18 Å². The summed E-state index contributed by atoms with van der Waals surface area (Å²) in [5.41, 5.74) is 0.0511. The van der Waals surface area contributed by atoms with Gasteiger partial charge in [-0.3, -0.25) is 4.79 Å². The molecule has 0 amide bonds. The van der Waals surface area contributed by atoms with Crippen LogP contribution in [0.25, 0.3) is 0 Å². The van der Waals surface area contributed by atoms with Gasteiger partial charge in [0.2, 0.25) is 0 Å². The van der Waals surface area contributed by atoms with E-state index in [1.165, 1.54) is 12.1 Å². The third-order valence-electron chi connectivity index (χ3n) is 1.82. The number of carbonyl (C=O) groups is 1. The third kappa shape index (κ3) is 1.76. The second kappa shape index (κ2) is 3.68. The number of rotatable bonds is 2. The molecule has 0 aliphatic rings. The van der Waals surface area contributed by atoms with Gasteiger partial charge in [0.25, 0.3) is 0 Å². The summed E-state index contributed by atoms with van der Waals surface area (Å²) < 4.78 is 13.2. The highest BCUT2D eigenvalue weighted by molar-refractivity contribution is 6.58. The minimum absolute atomic E-state index is 0.134. The smallest absolute Gasteiger partial charge is 0.423 e. The molecule has 0 atom stereocenters. The second-order valence-corrected chi connectivity index (χ2v) is 2.69. The average molecular weight is 182 g/mol. The molecule has 1 aromatic rings. The SMILES string of the molecule is Cc1ccc(B(O)O)c(F)c1C=O. The predicted octanol–water partition coefficient (Wildman–Crippen LogP) is -0.374. The van der Waals surface area contributed by atoms with Crippen molar-refractivity contribution >= 4 is 18.9 Å². The molecule has 0 bridgehead atoms. The largest absolute Gasteiger partial charge is 0.491 e. The van der Waals surface area contributed by atoms with E-state index in [0.29, 0.717) is 11.8 Å². The molecule has 5 heteroatoms. The van der Waals surface area contributed by atoms with E-state index >= 15 is 0 Å². The Morgan fingerprint density at radius 2 is 2.08 bits per heavy atom. The molecule has 0 heterocycles. The first-order valence-electron chi connectivity index (χ1n) is 3.68. The van der Waals surface area contributed by atoms with Gasteiger partial charge >= 0.3 is 7.12 Å². The van der Waals surface area contributed by atoms with Crippen LogP contribution in [0.15, 0.2) is 12.1 Å². The Hall–Kier alpha value is -1.20. The number of benzene rings is 1. The fraction of sp³-hybridized carbons (Fsp3) is 0.125. The highest BCUT2D eigenvalue weighted by Gasteiger charge is 2.19.